The molecule has 2 heteroatoms. The molecular weight excluding hydrogens is 190 g/mol. The molecule has 2 atom stereocenters. The third-order valence-corrected chi connectivity index (χ3v) is 4.15. The van der Waals surface area contributed by atoms with Gasteiger partial charge in [-0.05, 0) is 44.2 Å². The Morgan fingerprint density at radius 2 is 1.93 bits per heavy atom. The van der Waals surface area contributed by atoms with Crippen molar-refractivity contribution < 1.29 is 0 Å². The van der Waals surface area contributed by atoms with E-state index in [0.29, 0.717) is 6.04 Å². The van der Waals surface area contributed by atoms with E-state index in [1.807, 2.05) is 7.05 Å². The summed E-state index contributed by atoms with van der Waals surface area (Å²) in [6.45, 7) is 6.88. The van der Waals surface area contributed by atoms with Crippen LogP contribution in [-0.4, -0.2) is 24.6 Å². The van der Waals surface area contributed by atoms with Crippen LogP contribution in [0.15, 0.2) is 0 Å². The van der Waals surface area contributed by atoms with Crippen LogP contribution in [0.1, 0.15) is 46.5 Å². The smallest absolute Gasteiger partial charge is 0.00357 e. The molecular formula is C12H27NS. The van der Waals surface area contributed by atoms with Crippen LogP contribution in [0.3, 0.4) is 0 Å². The summed E-state index contributed by atoms with van der Waals surface area (Å²) in [7, 11) is 2.04. The standard InChI is InChI=1S/C12H27NS/c1-5-11(2)10-14-9-7-6-8-12(3)13-4/h11-13H,5-10H2,1-4H3. The third-order valence-electron chi connectivity index (χ3n) is 2.77. The van der Waals surface area contributed by atoms with Crippen LogP contribution in [0, 0.1) is 5.92 Å². The molecule has 1 nitrogen and oxygen atoms in total. The molecule has 0 aromatic heterocycles. The highest BCUT2D eigenvalue weighted by Crippen LogP contribution is 2.13. The quantitative estimate of drug-likeness (QED) is 0.593. The Morgan fingerprint density at radius 1 is 1.21 bits per heavy atom. The molecule has 0 aliphatic carbocycles. The van der Waals surface area contributed by atoms with E-state index in [0.717, 1.165) is 5.92 Å². The molecule has 0 aromatic carbocycles. The van der Waals surface area contributed by atoms with Gasteiger partial charge in [0.1, 0.15) is 0 Å². The minimum absolute atomic E-state index is 0.689. The largest absolute Gasteiger partial charge is 0.317 e. The van der Waals surface area contributed by atoms with Gasteiger partial charge in [0.05, 0.1) is 0 Å². The van der Waals surface area contributed by atoms with E-state index >= 15 is 0 Å². The van der Waals surface area contributed by atoms with Crippen LogP contribution in [0.2, 0.25) is 0 Å². The van der Waals surface area contributed by atoms with Gasteiger partial charge in [-0.2, -0.15) is 11.8 Å². The summed E-state index contributed by atoms with van der Waals surface area (Å²) in [5, 5.41) is 3.28. The maximum atomic E-state index is 3.28. The first-order valence-electron chi connectivity index (χ1n) is 5.95. The maximum absolute atomic E-state index is 3.28. The van der Waals surface area contributed by atoms with Gasteiger partial charge in [-0.3, -0.25) is 0 Å². The summed E-state index contributed by atoms with van der Waals surface area (Å²) in [5.41, 5.74) is 0. The number of hydrogen-bond acceptors (Lipinski definition) is 2. The van der Waals surface area contributed by atoms with Gasteiger partial charge < -0.3 is 5.32 Å². The minimum atomic E-state index is 0.689. The van der Waals surface area contributed by atoms with Crippen molar-refractivity contribution in [2.75, 3.05) is 18.6 Å². The maximum Gasteiger partial charge on any atom is 0.00357 e. The fraction of sp³-hybridized carbons (Fsp3) is 1.00. The SMILES string of the molecule is CCC(C)CSCCCCC(C)NC. The van der Waals surface area contributed by atoms with Gasteiger partial charge in [-0.15, -0.1) is 0 Å². The average Bonchev–Trinajstić information content (AvgIpc) is 2.22. The van der Waals surface area contributed by atoms with E-state index < -0.39 is 0 Å². The molecule has 0 fully saturated rings. The lowest BCUT2D eigenvalue weighted by Crippen LogP contribution is -2.20. The summed E-state index contributed by atoms with van der Waals surface area (Å²) in [6, 6.07) is 0.689. The third kappa shape index (κ3) is 8.89. The molecule has 0 rings (SSSR count). The van der Waals surface area contributed by atoms with Crippen molar-refractivity contribution in [3.05, 3.63) is 0 Å². The first-order chi connectivity index (χ1) is 6.70. The molecule has 0 spiro atoms. The van der Waals surface area contributed by atoms with Crippen LogP contribution in [0.5, 0.6) is 0 Å². The molecule has 0 aromatic rings. The van der Waals surface area contributed by atoms with Crippen molar-refractivity contribution in [2.45, 2.75) is 52.5 Å². The van der Waals surface area contributed by atoms with Gasteiger partial charge in [0.2, 0.25) is 0 Å². The molecule has 0 heterocycles. The summed E-state index contributed by atoms with van der Waals surface area (Å²) in [5.74, 6) is 3.59. The van der Waals surface area contributed by atoms with Crippen molar-refractivity contribution in [1.82, 2.24) is 5.32 Å². The molecule has 0 bridgehead atoms. The second-order valence-corrected chi connectivity index (χ2v) is 5.42. The highest BCUT2D eigenvalue weighted by Gasteiger charge is 2.00. The van der Waals surface area contributed by atoms with Gasteiger partial charge in [-0.1, -0.05) is 26.7 Å². The summed E-state index contributed by atoms with van der Waals surface area (Å²) >= 11 is 2.12. The van der Waals surface area contributed by atoms with Gasteiger partial charge in [-0.25, -0.2) is 0 Å². The number of unbranched alkanes of at least 4 members (excludes halogenated alkanes) is 1. The summed E-state index contributed by atoms with van der Waals surface area (Å²) in [4.78, 5) is 0. The fourth-order valence-corrected chi connectivity index (χ4v) is 2.41. The summed E-state index contributed by atoms with van der Waals surface area (Å²) in [6.07, 6.45) is 5.40. The lowest BCUT2D eigenvalue weighted by molar-refractivity contribution is 0.538. The van der Waals surface area contributed by atoms with E-state index in [9.17, 15) is 0 Å². The van der Waals surface area contributed by atoms with E-state index in [1.165, 1.54) is 37.2 Å². The van der Waals surface area contributed by atoms with Crippen molar-refractivity contribution in [1.29, 1.82) is 0 Å². The lowest BCUT2D eigenvalue weighted by Gasteiger charge is -2.10. The zero-order valence-corrected chi connectivity index (χ0v) is 11.1. The molecule has 1 N–H and O–H groups in total. The number of hydrogen-bond donors (Lipinski definition) is 1. The predicted octanol–water partition coefficient (Wildman–Crippen LogP) is 3.54. The highest BCUT2D eigenvalue weighted by atomic mass is 32.2. The molecule has 2 unspecified atom stereocenters. The Hall–Kier alpha value is 0.310. The molecule has 0 amide bonds. The minimum Gasteiger partial charge on any atom is -0.317 e. The topological polar surface area (TPSA) is 12.0 Å². The van der Waals surface area contributed by atoms with Gasteiger partial charge in [0.15, 0.2) is 0 Å². The molecule has 0 saturated heterocycles. The second-order valence-electron chi connectivity index (χ2n) is 4.27. The molecule has 0 aliphatic rings. The normalized spacial score (nSPS) is 15.4. The Labute approximate surface area is 94.4 Å². The van der Waals surface area contributed by atoms with Crippen molar-refractivity contribution in [3.63, 3.8) is 0 Å². The molecule has 0 radical (unpaired) electrons. The zero-order valence-electron chi connectivity index (χ0n) is 10.3. The fourth-order valence-electron chi connectivity index (χ4n) is 1.20. The van der Waals surface area contributed by atoms with Crippen molar-refractivity contribution in [3.8, 4) is 0 Å². The van der Waals surface area contributed by atoms with Gasteiger partial charge in [0.25, 0.3) is 0 Å². The molecule has 14 heavy (non-hydrogen) atoms. The molecule has 86 valence electrons. The average molecular weight is 217 g/mol. The highest BCUT2D eigenvalue weighted by molar-refractivity contribution is 7.99. The lowest BCUT2D eigenvalue weighted by atomic mass is 10.1. The van der Waals surface area contributed by atoms with Crippen LogP contribution in [0.4, 0.5) is 0 Å². The Bertz CT molecular complexity index is 103. The summed E-state index contributed by atoms with van der Waals surface area (Å²) < 4.78 is 0. The van der Waals surface area contributed by atoms with Gasteiger partial charge in [0, 0.05) is 6.04 Å². The molecule has 0 aliphatic heterocycles. The van der Waals surface area contributed by atoms with E-state index in [1.54, 1.807) is 0 Å². The zero-order chi connectivity index (χ0) is 10.8. The van der Waals surface area contributed by atoms with Crippen LogP contribution >= 0.6 is 11.8 Å². The predicted molar refractivity (Wildman–Crippen MR) is 69.2 cm³/mol. The monoisotopic (exact) mass is 217 g/mol. The molecule has 0 saturated carbocycles. The first kappa shape index (κ1) is 14.3. The number of thioether (sulfide) groups is 1. The van der Waals surface area contributed by atoms with E-state index in [-0.39, 0.29) is 0 Å². The van der Waals surface area contributed by atoms with E-state index in [2.05, 4.69) is 37.8 Å². The number of rotatable bonds is 9. The van der Waals surface area contributed by atoms with Crippen molar-refractivity contribution >= 4 is 11.8 Å². The van der Waals surface area contributed by atoms with Crippen LogP contribution in [-0.2, 0) is 0 Å². The first-order valence-corrected chi connectivity index (χ1v) is 7.11. The Morgan fingerprint density at radius 3 is 2.50 bits per heavy atom. The van der Waals surface area contributed by atoms with E-state index in [4.69, 9.17) is 0 Å². The number of nitrogens with one attached hydrogen (secondary N) is 1. The van der Waals surface area contributed by atoms with Crippen molar-refractivity contribution in [2.24, 2.45) is 5.92 Å². The van der Waals surface area contributed by atoms with Gasteiger partial charge >= 0.3 is 0 Å². The Kier molecular flexibility index (Phi) is 10.1. The Balaban J connectivity index is 3.06. The second kappa shape index (κ2) is 9.85. The van der Waals surface area contributed by atoms with Crippen LogP contribution in [0.25, 0.3) is 0 Å². The van der Waals surface area contributed by atoms with Crippen LogP contribution < -0.4 is 5.32 Å².